The number of nitrogens with one attached hydrogen (secondary N) is 1. The minimum absolute atomic E-state index is 0.552. The van der Waals surface area contributed by atoms with Crippen LogP contribution in [0.15, 0.2) is 29.2 Å². The van der Waals surface area contributed by atoms with Crippen LogP contribution in [0.3, 0.4) is 0 Å². The number of carboxylic acids is 1. The minimum Gasteiger partial charge on any atom is -0.480 e. The number of aliphatic carboxylic acids is 1. The summed E-state index contributed by atoms with van der Waals surface area (Å²) in [6.45, 7) is 1.69. The summed E-state index contributed by atoms with van der Waals surface area (Å²) in [7, 11) is 1.66. The molecule has 0 amide bonds. The molecule has 0 radical (unpaired) electrons. The van der Waals surface area contributed by atoms with Crippen molar-refractivity contribution in [3.8, 4) is 0 Å². The van der Waals surface area contributed by atoms with Crippen LogP contribution in [0.2, 0.25) is 5.02 Å². The van der Waals surface area contributed by atoms with E-state index in [0.29, 0.717) is 11.4 Å². The molecule has 0 aliphatic carbocycles. The van der Waals surface area contributed by atoms with Crippen LogP contribution in [0.5, 0.6) is 0 Å². The van der Waals surface area contributed by atoms with Crippen molar-refractivity contribution in [1.82, 2.24) is 5.32 Å². The average Bonchev–Trinajstić information content (AvgIpc) is 2.28. The van der Waals surface area contributed by atoms with Gasteiger partial charge >= 0.3 is 5.97 Å². The molecule has 0 saturated carbocycles. The molecule has 1 aromatic carbocycles. The van der Waals surface area contributed by atoms with Crippen LogP contribution in [0.1, 0.15) is 13.3 Å². The van der Waals surface area contributed by atoms with Crippen molar-refractivity contribution in [3.63, 3.8) is 0 Å². The third kappa shape index (κ3) is 4.22. The van der Waals surface area contributed by atoms with E-state index in [9.17, 15) is 4.79 Å². The summed E-state index contributed by atoms with van der Waals surface area (Å²) >= 11 is 7.48. The maximum atomic E-state index is 11.1. The van der Waals surface area contributed by atoms with E-state index >= 15 is 0 Å². The van der Waals surface area contributed by atoms with Gasteiger partial charge in [-0.25, -0.2) is 0 Å². The third-order valence-electron chi connectivity index (χ3n) is 2.69. The number of carboxylic acid groups (broad SMARTS) is 1. The van der Waals surface area contributed by atoms with Crippen LogP contribution in [0.25, 0.3) is 0 Å². The second kappa shape index (κ2) is 6.28. The Morgan fingerprint density at radius 2 is 2.29 bits per heavy atom. The Balaban J connectivity index is 2.50. The topological polar surface area (TPSA) is 49.3 Å². The van der Waals surface area contributed by atoms with Crippen LogP contribution in [-0.2, 0) is 4.79 Å². The summed E-state index contributed by atoms with van der Waals surface area (Å²) < 4.78 is 0. The molecule has 5 heteroatoms. The highest BCUT2D eigenvalue weighted by Crippen LogP contribution is 2.24. The van der Waals surface area contributed by atoms with Crippen LogP contribution in [0.4, 0.5) is 0 Å². The van der Waals surface area contributed by atoms with Gasteiger partial charge in [-0.3, -0.25) is 4.79 Å². The van der Waals surface area contributed by atoms with E-state index < -0.39 is 11.5 Å². The number of hydrogen-bond donors (Lipinski definition) is 2. The average molecular weight is 274 g/mol. The van der Waals surface area contributed by atoms with Gasteiger partial charge in [-0.2, -0.15) is 0 Å². The summed E-state index contributed by atoms with van der Waals surface area (Å²) in [6, 6.07) is 7.55. The zero-order valence-electron chi connectivity index (χ0n) is 9.87. The highest BCUT2D eigenvalue weighted by atomic mass is 35.5. The van der Waals surface area contributed by atoms with Crippen molar-refractivity contribution in [1.29, 1.82) is 0 Å². The lowest BCUT2D eigenvalue weighted by atomic mass is 10.00. The number of halogens is 1. The standard InChI is InChI=1S/C12H16ClNO2S/c1-12(14-2,11(15)16)6-7-17-10-5-3-4-9(13)8-10/h3-5,8,14H,6-7H2,1-2H3,(H,15,16). The molecule has 0 aliphatic heterocycles. The highest BCUT2D eigenvalue weighted by molar-refractivity contribution is 7.99. The normalized spacial score (nSPS) is 14.3. The van der Waals surface area contributed by atoms with Crippen molar-refractivity contribution in [2.75, 3.05) is 12.8 Å². The Morgan fingerprint density at radius 1 is 1.59 bits per heavy atom. The molecule has 17 heavy (non-hydrogen) atoms. The zero-order chi connectivity index (χ0) is 12.9. The van der Waals surface area contributed by atoms with Gasteiger partial charge in [-0.05, 0) is 38.6 Å². The number of thioether (sulfide) groups is 1. The summed E-state index contributed by atoms with van der Waals surface area (Å²) in [4.78, 5) is 12.1. The Morgan fingerprint density at radius 3 is 2.82 bits per heavy atom. The van der Waals surface area contributed by atoms with Gasteiger partial charge in [0.15, 0.2) is 0 Å². The predicted octanol–water partition coefficient (Wildman–Crippen LogP) is 2.88. The first-order valence-electron chi connectivity index (χ1n) is 5.28. The van der Waals surface area contributed by atoms with Crippen LogP contribution >= 0.6 is 23.4 Å². The van der Waals surface area contributed by atoms with Gasteiger partial charge in [0, 0.05) is 15.7 Å². The van der Waals surface area contributed by atoms with E-state index in [1.165, 1.54) is 0 Å². The Labute approximate surface area is 111 Å². The molecule has 3 nitrogen and oxygen atoms in total. The Kier molecular flexibility index (Phi) is 5.31. The zero-order valence-corrected chi connectivity index (χ0v) is 11.4. The Hall–Kier alpha value is -0.710. The highest BCUT2D eigenvalue weighted by Gasteiger charge is 2.30. The van der Waals surface area contributed by atoms with E-state index in [4.69, 9.17) is 16.7 Å². The van der Waals surface area contributed by atoms with Crippen LogP contribution in [0, 0.1) is 0 Å². The summed E-state index contributed by atoms with van der Waals surface area (Å²) in [6.07, 6.45) is 0.552. The second-order valence-electron chi connectivity index (χ2n) is 3.94. The van der Waals surface area contributed by atoms with E-state index in [1.54, 1.807) is 25.7 Å². The minimum atomic E-state index is -0.869. The molecule has 0 spiro atoms. The van der Waals surface area contributed by atoms with Crippen molar-refractivity contribution in [3.05, 3.63) is 29.3 Å². The number of likely N-dealkylation sites (N-methyl/N-ethyl adjacent to an activating group) is 1. The number of rotatable bonds is 6. The lowest BCUT2D eigenvalue weighted by molar-refractivity contribution is -0.144. The molecule has 0 aromatic heterocycles. The first-order chi connectivity index (χ1) is 7.98. The lowest BCUT2D eigenvalue weighted by Crippen LogP contribution is -2.47. The molecule has 0 fully saturated rings. The molecule has 1 aromatic rings. The number of benzene rings is 1. The Bertz CT molecular complexity index is 400. The third-order valence-corrected chi connectivity index (χ3v) is 3.92. The molecular formula is C12H16ClNO2S. The summed E-state index contributed by atoms with van der Waals surface area (Å²) in [5, 5.41) is 12.6. The molecule has 1 unspecified atom stereocenters. The fraction of sp³-hybridized carbons (Fsp3) is 0.417. The van der Waals surface area contributed by atoms with Gasteiger partial charge in [0.05, 0.1) is 0 Å². The lowest BCUT2D eigenvalue weighted by Gasteiger charge is -2.23. The van der Waals surface area contributed by atoms with E-state index in [0.717, 1.165) is 10.6 Å². The number of carbonyl (C=O) groups is 1. The predicted molar refractivity (Wildman–Crippen MR) is 71.9 cm³/mol. The first kappa shape index (κ1) is 14.4. The maximum absolute atomic E-state index is 11.1. The fourth-order valence-electron chi connectivity index (χ4n) is 1.27. The van der Waals surface area contributed by atoms with Gasteiger partial charge in [-0.15, -0.1) is 11.8 Å². The molecule has 0 saturated heterocycles. The van der Waals surface area contributed by atoms with Gasteiger partial charge in [0.2, 0.25) is 0 Å². The maximum Gasteiger partial charge on any atom is 0.323 e. The molecule has 94 valence electrons. The molecule has 0 bridgehead atoms. The second-order valence-corrected chi connectivity index (χ2v) is 5.55. The van der Waals surface area contributed by atoms with Crippen molar-refractivity contribution < 1.29 is 9.90 Å². The molecule has 0 aliphatic rings. The van der Waals surface area contributed by atoms with Gasteiger partial charge < -0.3 is 10.4 Å². The molecule has 1 rings (SSSR count). The largest absolute Gasteiger partial charge is 0.480 e. The fourth-order valence-corrected chi connectivity index (χ4v) is 2.65. The van der Waals surface area contributed by atoms with Gasteiger partial charge in [0.25, 0.3) is 0 Å². The van der Waals surface area contributed by atoms with Gasteiger partial charge in [0.1, 0.15) is 5.54 Å². The van der Waals surface area contributed by atoms with E-state index in [1.807, 2.05) is 24.3 Å². The van der Waals surface area contributed by atoms with Crippen LogP contribution < -0.4 is 5.32 Å². The van der Waals surface area contributed by atoms with Crippen molar-refractivity contribution in [2.24, 2.45) is 0 Å². The quantitative estimate of drug-likeness (QED) is 0.783. The van der Waals surface area contributed by atoms with Crippen molar-refractivity contribution in [2.45, 2.75) is 23.8 Å². The van der Waals surface area contributed by atoms with E-state index in [2.05, 4.69) is 5.32 Å². The smallest absolute Gasteiger partial charge is 0.323 e. The SMILES string of the molecule is CNC(C)(CCSc1cccc(Cl)c1)C(=O)O. The number of hydrogen-bond acceptors (Lipinski definition) is 3. The van der Waals surface area contributed by atoms with Crippen LogP contribution in [-0.4, -0.2) is 29.4 Å². The summed E-state index contributed by atoms with van der Waals surface area (Å²) in [5.41, 5.74) is -0.869. The molecule has 2 N–H and O–H groups in total. The monoisotopic (exact) mass is 273 g/mol. The van der Waals surface area contributed by atoms with E-state index in [-0.39, 0.29) is 0 Å². The molecule has 0 heterocycles. The molecular weight excluding hydrogens is 258 g/mol. The summed E-state index contributed by atoms with van der Waals surface area (Å²) in [5.74, 6) is -0.101. The van der Waals surface area contributed by atoms with Gasteiger partial charge in [-0.1, -0.05) is 17.7 Å². The molecule has 1 atom stereocenters. The van der Waals surface area contributed by atoms with Crippen molar-refractivity contribution >= 4 is 29.3 Å². The first-order valence-corrected chi connectivity index (χ1v) is 6.65.